The second kappa shape index (κ2) is 7.78. The molecule has 1 aliphatic carbocycles. The first kappa shape index (κ1) is 15.5. The highest BCUT2D eigenvalue weighted by atomic mass is 16.5. The summed E-state index contributed by atoms with van der Waals surface area (Å²) in [5, 5.41) is 10.5. The fourth-order valence-electron chi connectivity index (χ4n) is 3.11. The molecule has 0 saturated heterocycles. The molecule has 3 nitrogen and oxygen atoms in total. The fraction of sp³-hybridized carbons (Fsp3) is 0.933. The van der Waals surface area contributed by atoms with E-state index < -0.39 is 6.10 Å². The number of esters is 1. The normalized spacial score (nSPS) is 27.6. The zero-order chi connectivity index (χ0) is 13.5. The van der Waals surface area contributed by atoms with Crippen LogP contribution in [0.3, 0.4) is 0 Å². The highest BCUT2D eigenvalue weighted by Crippen LogP contribution is 2.34. The van der Waals surface area contributed by atoms with Crippen LogP contribution in [-0.4, -0.2) is 23.8 Å². The van der Waals surface area contributed by atoms with Crippen molar-refractivity contribution >= 4 is 5.97 Å². The van der Waals surface area contributed by atoms with Gasteiger partial charge in [-0.05, 0) is 38.0 Å². The Labute approximate surface area is 111 Å². The minimum atomic E-state index is -0.522. The van der Waals surface area contributed by atoms with Gasteiger partial charge in [0.1, 0.15) is 0 Å². The summed E-state index contributed by atoms with van der Waals surface area (Å²) in [5.41, 5.74) is 0. The van der Waals surface area contributed by atoms with Crippen molar-refractivity contribution in [2.24, 2.45) is 17.8 Å². The van der Waals surface area contributed by atoms with Gasteiger partial charge in [0.15, 0.2) is 0 Å². The lowest BCUT2D eigenvalue weighted by Crippen LogP contribution is -2.37. The molecule has 1 fully saturated rings. The molecule has 0 amide bonds. The van der Waals surface area contributed by atoms with E-state index in [0.717, 1.165) is 25.7 Å². The summed E-state index contributed by atoms with van der Waals surface area (Å²) in [6, 6.07) is 0. The SMILES string of the molecule is CCCC(C(=O)OCC)C(O)C1CCCC(C)C1. The Kier molecular flexibility index (Phi) is 6.69. The van der Waals surface area contributed by atoms with Crippen LogP contribution in [0.1, 0.15) is 59.3 Å². The van der Waals surface area contributed by atoms with Crippen molar-refractivity contribution in [1.29, 1.82) is 0 Å². The number of aliphatic hydroxyl groups is 1. The lowest BCUT2D eigenvalue weighted by Gasteiger charge is -2.33. The van der Waals surface area contributed by atoms with E-state index >= 15 is 0 Å². The predicted molar refractivity (Wildman–Crippen MR) is 72.2 cm³/mol. The molecule has 0 aromatic heterocycles. The molecule has 3 heteroatoms. The summed E-state index contributed by atoms with van der Waals surface area (Å²) >= 11 is 0. The molecule has 0 bridgehead atoms. The standard InChI is InChI=1S/C15H28O3/c1-4-7-13(15(17)18-5-2)14(16)12-9-6-8-11(3)10-12/h11-14,16H,4-10H2,1-3H3. The monoisotopic (exact) mass is 256 g/mol. The van der Waals surface area contributed by atoms with E-state index in [0.29, 0.717) is 12.5 Å². The third-order valence-electron chi connectivity index (χ3n) is 4.06. The molecule has 18 heavy (non-hydrogen) atoms. The van der Waals surface area contributed by atoms with E-state index in [1.54, 1.807) is 0 Å². The second-order valence-corrected chi connectivity index (χ2v) is 5.67. The second-order valence-electron chi connectivity index (χ2n) is 5.67. The van der Waals surface area contributed by atoms with Gasteiger partial charge >= 0.3 is 5.97 Å². The van der Waals surface area contributed by atoms with Crippen molar-refractivity contribution in [3.8, 4) is 0 Å². The Morgan fingerprint density at radius 1 is 1.39 bits per heavy atom. The van der Waals surface area contributed by atoms with E-state index in [4.69, 9.17) is 4.74 Å². The third kappa shape index (κ3) is 4.27. The van der Waals surface area contributed by atoms with Crippen molar-refractivity contribution < 1.29 is 14.6 Å². The van der Waals surface area contributed by atoms with Gasteiger partial charge in [-0.25, -0.2) is 0 Å². The summed E-state index contributed by atoms with van der Waals surface area (Å²) in [5.74, 6) is 0.396. The average molecular weight is 256 g/mol. The van der Waals surface area contributed by atoms with Gasteiger partial charge in [0, 0.05) is 0 Å². The summed E-state index contributed by atoms with van der Waals surface area (Å²) in [4.78, 5) is 11.9. The maximum atomic E-state index is 11.9. The summed E-state index contributed by atoms with van der Waals surface area (Å²) in [6.45, 7) is 6.49. The maximum absolute atomic E-state index is 11.9. The minimum absolute atomic E-state index is 0.218. The van der Waals surface area contributed by atoms with Gasteiger partial charge in [0.05, 0.1) is 18.6 Å². The number of carbonyl (C=O) groups excluding carboxylic acids is 1. The number of aliphatic hydroxyl groups excluding tert-OH is 1. The van der Waals surface area contributed by atoms with Crippen LogP contribution >= 0.6 is 0 Å². The van der Waals surface area contributed by atoms with Crippen molar-refractivity contribution in [2.45, 2.75) is 65.4 Å². The van der Waals surface area contributed by atoms with Gasteiger partial charge in [-0.15, -0.1) is 0 Å². The molecular weight excluding hydrogens is 228 g/mol. The van der Waals surface area contributed by atoms with Gasteiger partial charge in [-0.1, -0.05) is 33.1 Å². The van der Waals surface area contributed by atoms with Crippen molar-refractivity contribution in [3.05, 3.63) is 0 Å². The van der Waals surface area contributed by atoms with Crippen LogP contribution in [0, 0.1) is 17.8 Å². The van der Waals surface area contributed by atoms with Crippen LogP contribution < -0.4 is 0 Å². The fourth-order valence-corrected chi connectivity index (χ4v) is 3.11. The first-order valence-electron chi connectivity index (χ1n) is 7.44. The number of ether oxygens (including phenoxy) is 1. The van der Waals surface area contributed by atoms with E-state index in [-0.39, 0.29) is 17.8 Å². The number of hydrogen-bond donors (Lipinski definition) is 1. The predicted octanol–water partition coefficient (Wildman–Crippen LogP) is 3.15. The van der Waals surface area contributed by atoms with Crippen LogP contribution in [-0.2, 0) is 9.53 Å². The molecule has 1 aliphatic rings. The van der Waals surface area contributed by atoms with E-state index in [9.17, 15) is 9.90 Å². The molecule has 106 valence electrons. The van der Waals surface area contributed by atoms with Crippen LogP contribution in [0.25, 0.3) is 0 Å². The molecule has 1 N–H and O–H groups in total. The van der Waals surface area contributed by atoms with Crippen LogP contribution in [0.2, 0.25) is 0 Å². The molecule has 0 radical (unpaired) electrons. The Hall–Kier alpha value is -0.570. The zero-order valence-corrected chi connectivity index (χ0v) is 12.0. The Morgan fingerprint density at radius 2 is 2.11 bits per heavy atom. The van der Waals surface area contributed by atoms with Crippen LogP contribution in [0.5, 0.6) is 0 Å². The number of hydrogen-bond acceptors (Lipinski definition) is 3. The summed E-state index contributed by atoms with van der Waals surface area (Å²) < 4.78 is 5.10. The van der Waals surface area contributed by atoms with Gasteiger partial charge in [0.2, 0.25) is 0 Å². The van der Waals surface area contributed by atoms with Gasteiger partial charge in [-0.2, -0.15) is 0 Å². The van der Waals surface area contributed by atoms with Crippen molar-refractivity contribution in [1.82, 2.24) is 0 Å². The van der Waals surface area contributed by atoms with E-state index in [1.165, 1.54) is 12.8 Å². The Balaban J connectivity index is 2.62. The molecule has 1 rings (SSSR count). The minimum Gasteiger partial charge on any atom is -0.466 e. The van der Waals surface area contributed by atoms with Crippen molar-refractivity contribution in [3.63, 3.8) is 0 Å². The first-order chi connectivity index (χ1) is 8.60. The quantitative estimate of drug-likeness (QED) is 0.743. The Bertz CT molecular complexity index is 252. The molecule has 4 unspecified atom stereocenters. The molecule has 4 atom stereocenters. The maximum Gasteiger partial charge on any atom is 0.311 e. The molecule has 0 heterocycles. The highest BCUT2D eigenvalue weighted by Gasteiger charge is 2.35. The van der Waals surface area contributed by atoms with Crippen LogP contribution in [0.15, 0.2) is 0 Å². The van der Waals surface area contributed by atoms with E-state index in [2.05, 4.69) is 6.92 Å². The van der Waals surface area contributed by atoms with E-state index in [1.807, 2.05) is 13.8 Å². The summed E-state index contributed by atoms with van der Waals surface area (Å²) in [6.07, 6.45) is 5.62. The third-order valence-corrected chi connectivity index (χ3v) is 4.06. The average Bonchev–Trinajstić information content (AvgIpc) is 2.35. The lowest BCUT2D eigenvalue weighted by atomic mass is 9.75. The lowest BCUT2D eigenvalue weighted by molar-refractivity contribution is -0.154. The molecular formula is C15H28O3. The van der Waals surface area contributed by atoms with Crippen LogP contribution in [0.4, 0.5) is 0 Å². The smallest absolute Gasteiger partial charge is 0.311 e. The first-order valence-corrected chi connectivity index (χ1v) is 7.44. The van der Waals surface area contributed by atoms with Crippen molar-refractivity contribution in [2.75, 3.05) is 6.61 Å². The Morgan fingerprint density at radius 3 is 2.67 bits per heavy atom. The summed E-state index contributed by atoms with van der Waals surface area (Å²) in [7, 11) is 0. The molecule has 0 aliphatic heterocycles. The molecule has 0 spiro atoms. The zero-order valence-electron chi connectivity index (χ0n) is 12.0. The molecule has 1 saturated carbocycles. The largest absolute Gasteiger partial charge is 0.466 e. The number of carbonyl (C=O) groups is 1. The highest BCUT2D eigenvalue weighted by molar-refractivity contribution is 5.73. The molecule has 0 aromatic rings. The topological polar surface area (TPSA) is 46.5 Å². The van der Waals surface area contributed by atoms with Gasteiger partial charge in [0.25, 0.3) is 0 Å². The number of rotatable bonds is 6. The van der Waals surface area contributed by atoms with Gasteiger partial charge in [-0.3, -0.25) is 4.79 Å². The van der Waals surface area contributed by atoms with Gasteiger partial charge < -0.3 is 9.84 Å². The molecule has 0 aromatic carbocycles.